The number of hydrogen-bond acceptors (Lipinski definition) is 2. The molecule has 1 aliphatic heterocycles. The third-order valence-electron chi connectivity index (χ3n) is 4.57. The van der Waals surface area contributed by atoms with Gasteiger partial charge < -0.3 is 0 Å². The SMILES string of the molecule is c1ccc2c(c1)CCCN2OCCC1CCCCC1. The van der Waals surface area contributed by atoms with Crippen LogP contribution < -0.4 is 5.06 Å². The van der Waals surface area contributed by atoms with Gasteiger partial charge in [-0.3, -0.25) is 9.90 Å². The molecule has 0 spiro atoms. The lowest BCUT2D eigenvalue weighted by Gasteiger charge is -2.31. The lowest BCUT2D eigenvalue weighted by atomic mass is 9.87. The summed E-state index contributed by atoms with van der Waals surface area (Å²) in [6.07, 6.45) is 10.8. The summed E-state index contributed by atoms with van der Waals surface area (Å²) in [5.41, 5.74) is 2.73. The van der Waals surface area contributed by atoms with Crippen molar-refractivity contribution in [2.75, 3.05) is 18.2 Å². The molecular formula is C17H25NO. The third-order valence-corrected chi connectivity index (χ3v) is 4.57. The lowest BCUT2D eigenvalue weighted by Crippen LogP contribution is -2.30. The Morgan fingerprint density at radius 2 is 1.89 bits per heavy atom. The Labute approximate surface area is 116 Å². The maximum Gasteiger partial charge on any atom is 0.0751 e. The summed E-state index contributed by atoms with van der Waals surface area (Å²) in [5.74, 6) is 0.911. The highest BCUT2D eigenvalue weighted by Gasteiger charge is 2.18. The third kappa shape index (κ3) is 3.30. The molecule has 1 aromatic rings. The second-order valence-corrected chi connectivity index (χ2v) is 5.96. The Morgan fingerprint density at radius 3 is 2.79 bits per heavy atom. The van der Waals surface area contributed by atoms with Crippen molar-refractivity contribution in [2.45, 2.75) is 51.4 Å². The number of fused-ring (bicyclic) bond motifs is 1. The average molecular weight is 259 g/mol. The predicted octanol–water partition coefficient (Wildman–Crippen LogP) is 4.34. The standard InChI is InChI=1S/C17H25NO/c1-2-7-15(8-3-1)12-14-19-18-13-6-10-16-9-4-5-11-17(16)18/h4-5,9,11,15H,1-3,6-8,10,12-14H2. The van der Waals surface area contributed by atoms with Crippen LogP contribution in [0.5, 0.6) is 0 Å². The number of aryl methyl sites for hydroxylation is 1. The van der Waals surface area contributed by atoms with Gasteiger partial charge in [0.2, 0.25) is 0 Å². The van der Waals surface area contributed by atoms with E-state index in [2.05, 4.69) is 29.3 Å². The summed E-state index contributed by atoms with van der Waals surface area (Å²) < 4.78 is 0. The molecule has 0 saturated heterocycles. The first-order chi connectivity index (χ1) is 9.43. The normalized spacial score (nSPS) is 20.3. The van der Waals surface area contributed by atoms with Crippen molar-refractivity contribution in [3.05, 3.63) is 29.8 Å². The number of nitrogens with zero attached hydrogens (tertiary/aromatic N) is 1. The van der Waals surface area contributed by atoms with Gasteiger partial charge in [-0.05, 0) is 36.8 Å². The number of anilines is 1. The van der Waals surface area contributed by atoms with E-state index >= 15 is 0 Å². The van der Waals surface area contributed by atoms with Crippen molar-refractivity contribution in [1.29, 1.82) is 0 Å². The van der Waals surface area contributed by atoms with Gasteiger partial charge in [0.05, 0.1) is 12.3 Å². The first kappa shape index (κ1) is 13.0. The van der Waals surface area contributed by atoms with Gasteiger partial charge in [0.25, 0.3) is 0 Å². The van der Waals surface area contributed by atoms with Crippen molar-refractivity contribution in [3.8, 4) is 0 Å². The molecule has 0 amide bonds. The Kier molecular flexibility index (Phi) is 4.39. The van der Waals surface area contributed by atoms with Crippen LogP contribution in [0.3, 0.4) is 0 Å². The van der Waals surface area contributed by atoms with Gasteiger partial charge in [-0.15, -0.1) is 0 Å². The molecule has 19 heavy (non-hydrogen) atoms. The summed E-state index contributed by atoms with van der Waals surface area (Å²) in [4.78, 5) is 6.05. The molecular weight excluding hydrogens is 234 g/mol. The van der Waals surface area contributed by atoms with E-state index in [-0.39, 0.29) is 0 Å². The zero-order valence-corrected chi connectivity index (χ0v) is 11.8. The largest absolute Gasteiger partial charge is 0.273 e. The molecule has 0 radical (unpaired) electrons. The molecule has 2 heteroatoms. The zero-order chi connectivity index (χ0) is 12.9. The lowest BCUT2D eigenvalue weighted by molar-refractivity contribution is 0.0874. The van der Waals surface area contributed by atoms with Crippen LogP contribution in [0.2, 0.25) is 0 Å². The molecule has 1 heterocycles. The van der Waals surface area contributed by atoms with E-state index in [0.29, 0.717) is 0 Å². The fourth-order valence-corrected chi connectivity index (χ4v) is 3.44. The van der Waals surface area contributed by atoms with E-state index in [9.17, 15) is 0 Å². The van der Waals surface area contributed by atoms with Crippen LogP contribution in [0.4, 0.5) is 5.69 Å². The second kappa shape index (κ2) is 6.42. The molecule has 0 atom stereocenters. The molecule has 104 valence electrons. The van der Waals surface area contributed by atoms with E-state index < -0.39 is 0 Å². The number of benzene rings is 1. The molecule has 0 aromatic heterocycles. The first-order valence-corrected chi connectivity index (χ1v) is 7.92. The van der Waals surface area contributed by atoms with E-state index in [4.69, 9.17) is 4.84 Å². The maximum absolute atomic E-state index is 6.05. The average Bonchev–Trinajstić information content (AvgIpc) is 2.49. The van der Waals surface area contributed by atoms with E-state index in [1.54, 1.807) is 0 Å². The first-order valence-electron chi connectivity index (χ1n) is 7.92. The molecule has 1 aliphatic carbocycles. The Balaban J connectivity index is 1.50. The van der Waals surface area contributed by atoms with Crippen molar-refractivity contribution in [3.63, 3.8) is 0 Å². The summed E-state index contributed by atoms with van der Waals surface area (Å²) >= 11 is 0. The Morgan fingerprint density at radius 1 is 1.05 bits per heavy atom. The number of para-hydroxylation sites is 1. The minimum Gasteiger partial charge on any atom is -0.273 e. The highest BCUT2D eigenvalue weighted by atomic mass is 16.7. The Bertz CT molecular complexity index is 398. The maximum atomic E-state index is 6.05. The summed E-state index contributed by atoms with van der Waals surface area (Å²) in [5, 5.41) is 2.13. The topological polar surface area (TPSA) is 12.5 Å². The molecule has 1 saturated carbocycles. The highest BCUT2D eigenvalue weighted by Crippen LogP contribution is 2.29. The smallest absolute Gasteiger partial charge is 0.0751 e. The zero-order valence-electron chi connectivity index (χ0n) is 11.8. The molecule has 3 rings (SSSR count). The van der Waals surface area contributed by atoms with Gasteiger partial charge in [-0.25, -0.2) is 0 Å². The van der Waals surface area contributed by atoms with E-state index in [0.717, 1.165) is 19.1 Å². The van der Waals surface area contributed by atoms with Crippen LogP contribution >= 0.6 is 0 Å². The monoisotopic (exact) mass is 259 g/mol. The molecule has 1 aromatic carbocycles. The summed E-state index contributed by atoms with van der Waals surface area (Å²) in [7, 11) is 0. The summed E-state index contributed by atoms with van der Waals surface area (Å²) in [6, 6.07) is 8.66. The Hall–Kier alpha value is -1.02. The van der Waals surface area contributed by atoms with Crippen LogP contribution in [0, 0.1) is 5.92 Å². The number of hydrogen-bond donors (Lipinski definition) is 0. The minimum atomic E-state index is 0.888. The highest BCUT2D eigenvalue weighted by molar-refractivity contribution is 5.53. The van der Waals surface area contributed by atoms with E-state index in [1.807, 2.05) is 0 Å². The second-order valence-electron chi connectivity index (χ2n) is 5.96. The molecule has 2 aliphatic rings. The van der Waals surface area contributed by atoms with Gasteiger partial charge in [-0.2, -0.15) is 0 Å². The van der Waals surface area contributed by atoms with Gasteiger partial charge in [-0.1, -0.05) is 50.3 Å². The van der Waals surface area contributed by atoms with Gasteiger partial charge in [0.1, 0.15) is 0 Å². The van der Waals surface area contributed by atoms with Crippen molar-refractivity contribution in [2.24, 2.45) is 5.92 Å². The van der Waals surface area contributed by atoms with Gasteiger partial charge >= 0.3 is 0 Å². The molecule has 2 nitrogen and oxygen atoms in total. The van der Waals surface area contributed by atoms with Crippen LogP contribution in [0.1, 0.15) is 50.5 Å². The van der Waals surface area contributed by atoms with Gasteiger partial charge in [0.15, 0.2) is 0 Å². The van der Waals surface area contributed by atoms with Gasteiger partial charge in [0, 0.05) is 6.54 Å². The number of rotatable bonds is 4. The predicted molar refractivity (Wildman–Crippen MR) is 79.3 cm³/mol. The fourth-order valence-electron chi connectivity index (χ4n) is 3.44. The van der Waals surface area contributed by atoms with Crippen LogP contribution in [-0.4, -0.2) is 13.2 Å². The molecule has 0 bridgehead atoms. The van der Waals surface area contributed by atoms with Crippen molar-refractivity contribution >= 4 is 5.69 Å². The molecule has 0 N–H and O–H groups in total. The molecule has 1 fully saturated rings. The molecule has 0 unspecified atom stereocenters. The van der Waals surface area contributed by atoms with Crippen molar-refractivity contribution < 1.29 is 4.84 Å². The van der Waals surface area contributed by atoms with E-state index in [1.165, 1.54) is 62.6 Å². The van der Waals surface area contributed by atoms with Crippen LogP contribution in [0.25, 0.3) is 0 Å². The quantitative estimate of drug-likeness (QED) is 0.797. The summed E-state index contributed by atoms with van der Waals surface area (Å²) in [6.45, 7) is 1.93. The van der Waals surface area contributed by atoms with Crippen LogP contribution in [0.15, 0.2) is 24.3 Å². The number of hydroxylamine groups is 1. The fraction of sp³-hybridized carbons (Fsp3) is 0.647. The minimum absolute atomic E-state index is 0.888. The van der Waals surface area contributed by atoms with Crippen molar-refractivity contribution in [1.82, 2.24) is 0 Å². The van der Waals surface area contributed by atoms with Crippen LogP contribution in [-0.2, 0) is 11.3 Å².